The SMILES string of the molecule is COCC(C)NC(=O)CN[C@H](C)c1ccccc1F. The summed E-state index contributed by atoms with van der Waals surface area (Å²) in [4.78, 5) is 11.6. The summed E-state index contributed by atoms with van der Waals surface area (Å²) in [6.45, 7) is 4.30. The Kier molecular flexibility index (Phi) is 6.45. The lowest BCUT2D eigenvalue weighted by Gasteiger charge is -2.17. The number of methoxy groups -OCH3 is 1. The topological polar surface area (TPSA) is 50.4 Å². The van der Waals surface area contributed by atoms with Crippen molar-refractivity contribution < 1.29 is 13.9 Å². The van der Waals surface area contributed by atoms with Crippen LogP contribution in [0.5, 0.6) is 0 Å². The Bertz CT molecular complexity index is 412. The van der Waals surface area contributed by atoms with Gasteiger partial charge in [-0.05, 0) is 19.9 Å². The van der Waals surface area contributed by atoms with Crippen LogP contribution in [0.1, 0.15) is 25.5 Å². The van der Waals surface area contributed by atoms with Crippen molar-refractivity contribution in [3.8, 4) is 0 Å². The third-order valence-corrected chi connectivity index (χ3v) is 2.76. The molecule has 2 N–H and O–H groups in total. The second-order valence-corrected chi connectivity index (χ2v) is 4.55. The molecule has 0 aromatic heterocycles. The van der Waals surface area contributed by atoms with Crippen LogP contribution in [0.25, 0.3) is 0 Å². The van der Waals surface area contributed by atoms with E-state index in [-0.39, 0.29) is 30.4 Å². The summed E-state index contributed by atoms with van der Waals surface area (Å²) in [7, 11) is 1.58. The third-order valence-electron chi connectivity index (χ3n) is 2.76. The van der Waals surface area contributed by atoms with Gasteiger partial charge in [-0.3, -0.25) is 4.79 Å². The number of carbonyl (C=O) groups excluding carboxylic acids is 1. The highest BCUT2D eigenvalue weighted by Crippen LogP contribution is 2.15. The van der Waals surface area contributed by atoms with Crippen LogP contribution in [-0.2, 0) is 9.53 Å². The third kappa shape index (κ3) is 5.36. The molecular weight excluding hydrogens is 247 g/mol. The summed E-state index contributed by atoms with van der Waals surface area (Å²) in [5.41, 5.74) is 0.556. The Morgan fingerprint density at radius 1 is 1.37 bits per heavy atom. The van der Waals surface area contributed by atoms with Crippen LogP contribution in [0.4, 0.5) is 4.39 Å². The van der Waals surface area contributed by atoms with E-state index < -0.39 is 0 Å². The van der Waals surface area contributed by atoms with E-state index in [1.165, 1.54) is 6.07 Å². The van der Waals surface area contributed by atoms with Crippen molar-refractivity contribution in [3.63, 3.8) is 0 Å². The predicted molar refractivity (Wildman–Crippen MR) is 72.3 cm³/mol. The smallest absolute Gasteiger partial charge is 0.234 e. The molecule has 5 heteroatoms. The largest absolute Gasteiger partial charge is 0.383 e. The van der Waals surface area contributed by atoms with Crippen molar-refractivity contribution in [1.29, 1.82) is 0 Å². The molecule has 0 fully saturated rings. The standard InChI is InChI=1S/C14H21FN2O2/c1-10(9-19-3)17-14(18)8-16-11(2)12-6-4-5-7-13(12)15/h4-7,10-11,16H,8-9H2,1-3H3,(H,17,18)/t10?,11-/m1/s1. The first-order valence-electron chi connectivity index (χ1n) is 6.30. The molecule has 1 unspecified atom stereocenters. The fourth-order valence-corrected chi connectivity index (χ4v) is 1.80. The molecule has 106 valence electrons. The number of amides is 1. The molecule has 0 radical (unpaired) electrons. The number of carbonyl (C=O) groups is 1. The number of nitrogens with one attached hydrogen (secondary N) is 2. The minimum atomic E-state index is -0.268. The number of hydrogen-bond acceptors (Lipinski definition) is 3. The molecule has 1 aromatic rings. The van der Waals surface area contributed by atoms with Gasteiger partial charge in [-0.1, -0.05) is 18.2 Å². The molecule has 19 heavy (non-hydrogen) atoms. The summed E-state index contributed by atoms with van der Waals surface area (Å²) >= 11 is 0. The number of halogens is 1. The minimum Gasteiger partial charge on any atom is -0.383 e. The van der Waals surface area contributed by atoms with Crippen molar-refractivity contribution in [2.24, 2.45) is 0 Å². The van der Waals surface area contributed by atoms with Crippen LogP contribution in [0, 0.1) is 5.82 Å². The highest BCUT2D eigenvalue weighted by atomic mass is 19.1. The summed E-state index contributed by atoms with van der Waals surface area (Å²) in [6.07, 6.45) is 0. The second-order valence-electron chi connectivity index (χ2n) is 4.55. The van der Waals surface area contributed by atoms with E-state index in [1.807, 2.05) is 13.8 Å². The molecule has 0 saturated heterocycles. The van der Waals surface area contributed by atoms with Crippen LogP contribution in [-0.4, -0.2) is 32.2 Å². The Balaban J connectivity index is 2.40. The first kappa shape index (κ1) is 15.6. The molecule has 1 aromatic carbocycles. The van der Waals surface area contributed by atoms with Gasteiger partial charge in [0, 0.05) is 24.8 Å². The van der Waals surface area contributed by atoms with Gasteiger partial charge in [0.15, 0.2) is 0 Å². The van der Waals surface area contributed by atoms with Crippen molar-refractivity contribution in [2.45, 2.75) is 25.9 Å². The molecule has 0 spiro atoms. The van der Waals surface area contributed by atoms with Gasteiger partial charge in [0.2, 0.25) is 5.91 Å². The van der Waals surface area contributed by atoms with Crippen molar-refractivity contribution in [1.82, 2.24) is 10.6 Å². The quantitative estimate of drug-likeness (QED) is 0.790. The van der Waals surface area contributed by atoms with Gasteiger partial charge in [-0.2, -0.15) is 0 Å². The maximum absolute atomic E-state index is 13.5. The highest BCUT2D eigenvalue weighted by molar-refractivity contribution is 5.78. The molecule has 0 aliphatic carbocycles. The number of benzene rings is 1. The van der Waals surface area contributed by atoms with E-state index in [4.69, 9.17) is 4.74 Å². The Hall–Kier alpha value is -1.46. The highest BCUT2D eigenvalue weighted by Gasteiger charge is 2.12. The molecule has 0 aliphatic rings. The average Bonchev–Trinajstić information content (AvgIpc) is 2.36. The molecule has 2 atom stereocenters. The Labute approximate surface area is 113 Å². The average molecular weight is 268 g/mol. The molecule has 1 amide bonds. The van der Waals surface area contributed by atoms with Gasteiger partial charge in [-0.25, -0.2) is 4.39 Å². The number of hydrogen-bond donors (Lipinski definition) is 2. The van der Waals surface area contributed by atoms with Crippen LogP contribution in [0.15, 0.2) is 24.3 Å². The van der Waals surface area contributed by atoms with Gasteiger partial charge < -0.3 is 15.4 Å². The summed E-state index contributed by atoms with van der Waals surface area (Å²) in [5.74, 6) is -0.400. The lowest BCUT2D eigenvalue weighted by Crippen LogP contribution is -2.41. The van der Waals surface area contributed by atoms with E-state index in [2.05, 4.69) is 10.6 Å². The second kappa shape index (κ2) is 7.86. The number of ether oxygens (including phenoxy) is 1. The van der Waals surface area contributed by atoms with E-state index >= 15 is 0 Å². The van der Waals surface area contributed by atoms with Crippen LogP contribution < -0.4 is 10.6 Å². The van der Waals surface area contributed by atoms with Crippen LogP contribution >= 0.6 is 0 Å². The van der Waals surface area contributed by atoms with Gasteiger partial charge in [0.1, 0.15) is 5.82 Å². The van der Waals surface area contributed by atoms with Crippen molar-refractivity contribution in [2.75, 3.05) is 20.3 Å². The first-order chi connectivity index (χ1) is 9.04. The molecule has 0 heterocycles. The predicted octanol–water partition coefficient (Wildman–Crippen LogP) is 1.63. The van der Waals surface area contributed by atoms with E-state index in [0.717, 1.165) is 0 Å². The molecule has 4 nitrogen and oxygen atoms in total. The van der Waals surface area contributed by atoms with Crippen LogP contribution in [0.2, 0.25) is 0 Å². The minimum absolute atomic E-state index is 0.0388. The molecule has 0 aliphatic heterocycles. The van der Waals surface area contributed by atoms with Gasteiger partial charge in [0.25, 0.3) is 0 Å². The number of rotatable bonds is 7. The Morgan fingerprint density at radius 2 is 2.05 bits per heavy atom. The van der Waals surface area contributed by atoms with E-state index in [1.54, 1.807) is 25.3 Å². The fourth-order valence-electron chi connectivity index (χ4n) is 1.80. The molecule has 1 rings (SSSR count). The molecule has 0 saturated carbocycles. The van der Waals surface area contributed by atoms with Crippen LogP contribution in [0.3, 0.4) is 0 Å². The zero-order valence-corrected chi connectivity index (χ0v) is 11.6. The summed E-state index contributed by atoms with van der Waals surface area (Å²) in [6, 6.07) is 6.28. The molecule has 0 bridgehead atoms. The van der Waals surface area contributed by atoms with E-state index in [9.17, 15) is 9.18 Å². The lowest BCUT2D eigenvalue weighted by atomic mass is 10.1. The van der Waals surface area contributed by atoms with Gasteiger partial charge in [-0.15, -0.1) is 0 Å². The zero-order chi connectivity index (χ0) is 14.3. The van der Waals surface area contributed by atoms with Gasteiger partial charge in [0.05, 0.1) is 13.2 Å². The first-order valence-corrected chi connectivity index (χ1v) is 6.30. The van der Waals surface area contributed by atoms with Crippen molar-refractivity contribution in [3.05, 3.63) is 35.6 Å². The Morgan fingerprint density at radius 3 is 2.68 bits per heavy atom. The monoisotopic (exact) mass is 268 g/mol. The lowest BCUT2D eigenvalue weighted by molar-refractivity contribution is -0.121. The van der Waals surface area contributed by atoms with Crippen molar-refractivity contribution >= 4 is 5.91 Å². The maximum Gasteiger partial charge on any atom is 0.234 e. The summed E-state index contributed by atoms with van der Waals surface area (Å²) < 4.78 is 18.4. The molecular formula is C14H21FN2O2. The zero-order valence-electron chi connectivity index (χ0n) is 11.6. The maximum atomic E-state index is 13.5. The van der Waals surface area contributed by atoms with Gasteiger partial charge >= 0.3 is 0 Å². The normalized spacial score (nSPS) is 13.9. The summed E-state index contributed by atoms with van der Waals surface area (Å²) in [5, 5.41) is 5.78. The fraction of sp³-hybridized carbons (Fsp3) is 0.500. The van der Waals surface area contributed by atoms with E-state index in [0.29, 0.717) is 12.2 Å².